The van der Waals surface area contributed by atoms with Gasteiger partial charge in [-0.05, 0) is 12.1 Å². The quantitative estimate of drug-likeness (QED) is 0.894. The van der Waals surface area contributed by atoms with E-state index >= 15 is 0 Å². The number of hydrogen-bond donors (Lipinski definition) is 2. The van der Waals surface area contributed by atoms with Gasteiger partial charge in [0.15, 0.2) is 0 Å². The van der Waals surface area contributed by atoms with E-state index in [1.807, 2.05) is 18.2 Å². The Hall–Kier alpha value is -1.03. The van der Waals surface area contributed by atoms with Crippen LogP contribution in [0.2, 0.25) is 10.0 Å². The number of hydrogen-bond acceptors (Lipinski definition) is 2. The molecule has 1 aromatic carbocycles. The van der Waals surface area contributed by atoms with E-state index in [4.69, 9.17) is 23.2 Å². The molecule has 0 saturated carbocycles. The zero-order chi connectivity index (χ0) is 13.1. The number of aromatic amines is 1. The summed E-state index contributed by atoms with van der Waals surface area (Å²) >= 11 is 12.2. The van der Waals surface area contributed by atoms with Crippen molar-refractivity contribution in [1.29, 1.82) is 0 Å². The molecule has 5 heteroatoms. The average Bonchev–Trinajstić information content (AvgIpc) is 2.78. The number of nitrogens with one attached hydrogen (secondary N) is 2. The summed E-state index contributed by atoms with van der Waals surface area (Å²) in [4.78, 5) is 0. The fourth-order valence-electron chi connectivity index (χ4n) is 1.61. The first-order valence-electron chi connectivity index (χ1n) is 5.80. The van der Waals surface area contributed by atoms with Crippen molar-refractivity contribution in [2.45, 2.75) is 26.4 Å². The molecule has 0 bridgehead atoms. The van der Waals surface area contributed by atoms with Crippen LogP contribution in [0.25, 0.3) is 11.3 Å². The van der Waals surface area contributed by atoms with Crippen LogP contribution in [0.4, 0.5) is 0 Å². The third-order valence-electron chi connectivity index (χ3n) is 2.56. The Labute approximate surface area is 117 Å². The lowest BCUT2D eigenvalue weighted by molar-refractivity contribution is 0.580. The predicted molar refractivity (Wildman–Crippen MR) is 76.0 cm³/mol. The summed E-state index contributed by atoms with van der Waals surface area (Å²) in [6.07, 6.45) is 0. The Morgan fingerprint density at radius 1 is 1.33 bits per heavy atom. The van der Waals surface area contributed by atoms with Crippen molar-refractivity contribution in [2.75, 3.05) is 0 Å². The largest absolute Gasteiger partial charge is 0.309 e. The molecule has 1 aromatic heterocycles. The summed E-state index contributed by atoms with van der Waals surface area (Å²) in [5.74, 6) is 0. The molecule has 3 nitrogen and oxygen atoms in total. The number of rotatable bonds is 4. The van der Waals surface area contributed by atoms with Crippen LogP contribution in [0, 0.1) is 0 Å². The normalized spacial score (nSPS) is 11.2. The molecule has 0 aliphatic rings. The lowest BCUT2D eigenvalue weighted by atomic mass is 10.1. The van der Waals surface area contributed by atoms with Crippen LogP contribution < -0.4 is 5.32 Å². The maximum atomic E-state index is 6.16. The molecule has 1 heterocycles. The van der Waals surface area contributed by atoms with E-state index in [-0.39, 0.29) is 0 Å². The number of benzene rings is 1. The number of nitrogens with zero attached hydrogens (tertiary/aromatic N) is 1. The molecule has 18 heavy (non-hydrogen) atoms. The van der Waals surface area contributed by atoms with Gasteiger partial charge in [0, 0.05) is 23.8 Å². The Kier molecular flexibility index (Phi) is 4.27. The zero-order valence-electron chi connectivity index (χ0n) is 10.3. The molecule has 0 aliphatic carbocycles. The van der Waals surface area contributed by atoms with Gasteiger partial charge >= 0.3 is 0 Å². The topological polar surface area (TPSA) is 40.7 Å². The molecule has 96 valence electrons. The first-order chi connectivity index (χ1) is 8.58. The molecule has 2 aromatic rings. The van der Waals surface area contributed by atoms with Crippen molar-refractivity contribution in [3.8, 4) is 11.3 Å². The van der Waals surface area contributed by atoms with Crippen LogP contribution in [0.15, 0.2) is 24.3 Å². The minimum Gasteiger partial charge on any atom is -0.309 e. The summed E-state index contributed by atoms with van der Waals surface area (Å²) < 4.78 is 0. The first kappa shape index (κ1) is 13.4. The van der Waals surface area contributed by atoms with E-state index < -0.39 is 0 Å². The number of halogens is 2. The third-order valence-corrected chi connectivity index (χ3v) is 3.38. The summed E-state index contributed by atoms with van der Waals surface area (Å²) in [6.45, 7) is 4.96. The van der Waals surface area contributed by atoms with Gasteiger partial charge in [0.1, 0.15) is 0 Å². The molecule has 2 N–H and O–H groups in total. The van der Waals surface area contributed by atoms with Gasteiger partial charge < -0.3 is 5.32 Å². The zero-order valence-corrected chi connectivity index (χ0v) is 11.8. The van der Waals surface area contributed by atoms with E-state index in [1.54, 1.807) is 6.07 Å². The van der Waals surface area contributed by atoms with Crippen LogP contribution in [0.1, 0.15) is 19.5 Å². The van der Waals surface area contributed by atoms with E-state index in [9.17, 15) is 0 Å². The van der Waals surface area contributed by atoms with Crippen LogP contribution in [-0.2, 0) is 6.54 Å². The predicted octanol–water partition coefficient (Wildman–Crippen LogP) is 3.88. The maximum Gasteiger partial charge on any atom is 0.0939 e. The van der Waals surface area contributed by atoms with Gasteiger partial charge in [-0.15, -0.1) is 0 Å². The molecule has 0 aliphatic heterocycles. The lowest BCUT2D eigenvalue weighted by Gasteiger charge is -2.05. The molecular formula is C13H15Cl2N3. The first-order valence-corrected chi connectivity index (χ1v) is 6.55. The Morgan fingerprint density at radius 2 is 2.11 bits per heavy atom. The van der Waals surface area contributed by atoms with E-state index in [1.165, 1.54) is 0 Å². The second-order valence-corrected chi connectivity index (χ2v) is 5.20. The summed E-state index contributed by atoms with van der Waals surface area (Å²) in [5, 5.41) is 11.6. The fraction of sp³-hybridized carbons (Fsp3) is 0.308. The summed E-state index contributed by atoms with van der Waals surface area (Å²) in [7, 11) is 0. The smallest absolute Gasteiger partial charge is 0.0939 e. The number of H-pyrrole nitrogens is 1. The molecule has 0 spiro atoms. The number of aromatic nitrogens is 2. The highest BCUT2D eigenvalue weighted by molar-refractivity contribution is 6.43. The van der Waals surface area contributed by atoms with Crippen LogP contribution >= 0.6 is 23.2 Å². The van der Waals surface area contributed by atoms with Gasteiger partial charge in [-0.1, -0.05) is 49.2 Å². The van der Waals surface area contributed by atoms with Gasteiger partial charge in [0.2, 0.25) is 0 Å². The summed E-state index contributed by atoms with van der Waals surface area (Å²) in [5.41, 5.74) is 2.68. The van der Waals surface area contributed by atoms with Gasteiger partial charge in [0.05, 0.1) is 15.7 Å². The van der Waals surface area contributed by atoms with Gasteiger partial charge in [-0.2, -0.15) is 5.10 Å². The van der Waals surface area contributed by atoms with Crippen molar-refractivity contribution in [3.63, 3.8) is 0 Å². The van der Waals surface area contributed by atoms with Crippen molar-refractivity contribution in [1.82, 2.24) is 15.5 Å². The lowest BCUT2D eigenvalue weighted by Crippen LogP contribution is -2.21. The molecule has 0 atom stereocenters. The van der Waals surface area contributed by atoms with Gasteiger partial charge in [-0.25, -0.2) is 0 Å². The minimum absolute atomic E-state index is 0.437. The molecule has 2 rings (SSSR count). The Balaban J connectivity index is 2.21. The average molecular weight is 284 g/mol. The fourth-order valence-corrected chi connectivity index (χ4v) is 2.00. The Morgan fingerprint density at radius 3 is 2.83 bits per heavy atom. The molecular weight excluding hydrogens is 269 g/mol. The highest BCUT2D eigenvalue weighted by Gasteiger charge is 2.10. The Bertz CT molecular complexity index is 535. The molecule has 0 amide bonds. The second-order valence-electron chi connectivity index (χ2n) is 4.42. The van der Waals surface area contributed by atoms with Crippen LogP contribution in [-0.4, -0.2) is 16.2 Å². The second kappa shape index (κ2) is 5.74. The van der Waals surface area contributed by atoms with E-state index in [0.29, 0.717) is 16.1 Å². The minimum atomic E-state index is 0.437. The van der Waals surface area contributed by atoms with Gasteiger partial charge in [0.25, 0.3) is 0 Å². The van der Waals surface area contributed by atoms with Crippen LogP contribution in [0.3, 0.4) is 0 Å². The van der Waals surface area contributed by atoms with Crippen molar-refractivity contribution >= 4 is 23.2 Å². The van der Waals surface area contributed by atoms with E-state index in [2.05, 4.69) is 29.4 Å². The monoisotopic (exact) mass is 283 g/mol. The van der Waals surface area contributed by atoms with Crippen molar-refractivity contribution < 1.29 is 0 Å². The third kappa shape index (κ3) is 3.05. The highest BCUT2D eigenvalue weighted by atomic mass is 35.5. The standard InChI is InChI=1S/C13H15Cl2N3/c1-8(2)16-7-9-6-12(18-17-9)10-4-3-5-11(14)13(10)15/h3-6,8,16H,7H2,1-2H3,(H,17,18). The highest BCUT2D eigenvalue weighted by Crippen LogP contribution is 2.32. The van der Waals surface area contributed by atoms with Crippen molar-refractivity contribution in [3.05, 3.63) is 40.0 Å². The molecule has 0 saturated heterocycles. The summed E-state index contributed by atoms with van der Waals surface area (Å²) in [6, 6.07) is 7.95. The van der Waals surface area contributed by atoms with Gasteiger partial charge in [-0.3, -0.25) is 5.10 Å². The molecule has 0 unspecified atom stereocenters. The maximum absolute atomic E-state index is 6.16. The molecule has 0 fully saturated rings. The van der Waals surface area contributed by atoms with E-state index in [0.717, 1.165) is 23.5 Å². The molecule has 0 radical (unpaired) electrons. The van der Waals surface area contributed by atoms with Crippen LogP contribution in [0.5, 0.6) is 0 Å². The van der Waals surface area contributed by atoms with Crippen molar-refractivity contribution in [2.24, 2.45) is 0 Å². The SMILES string of the molecule is CC(C)NCc1cc(-c2cccc(Cl)c2Cl)n[nH]1.